The smallest absolute Gasteiger partial charge is 0.226 e. The lowest BCUT2D eigenvalue weighted by Gasteiger charge is -2.43. The summed E-state index contributed by atoms with van der Waals surface area (Å²) >= 11 is 0. The van der Waals surface area contributed by atoms with Gasteiger partial charge in [-0.15, -0.1) is 0 Å². The van der Waals surface area contributed by atoms with E-state index in [9.17, 15) is 4.79 Å². The molecule has 2 N–H and O–H groups in total. The van der Waals surface area contributed by atoms with Crippen LogP contribution in [0.15, 0.2) is 0 Å². The molecule has 1 saturated carbocycles. The third-order valence-electron chi connectivity index (χ3n) is 5.43. The maximum atomic E-state index is 12.8. The van der Waals surface area contributed by atoms with Gasteiger partial charge in [0.25, 0.3) is 0 Å². The number of piperidine rings is 1. The number of hydrogen-bond donors (Lipinski definition) is 1. The van der Waals surface area contributed by atoms with Gasteiger partial charge in [-0.25, -0.2) is 0 Å². The van der Waals surface area contributed by atoms with E-state index in [1.54, 1.807) is 0 Å². The van der Waals surface area contributed by atoms with E-state index < -0.39 is 0 Å². The average molecular weight is 266 g/mol. The zero-order valence-electron chi connectivity index (χ0n) is 12.8. The predicted octanol–water partition coefficient (Wildman–Crippen LogP) is 2.79. The number of carbonyl (C=O) groups excluding carboxylic acids is 1. The summed E-state index contributed by atoms with van der Waals surface area (Å²) in [5.74, 6) is 1.12. The first-order chi connectivity index (χ1) is 8.95. The molecule has 1 heterocycles. The Hall–Kier alpha value is -0.570. The average Bonchev–Trinajstić information content (AvgIpc) is 2.38. The summed E-state index contributed by atoms with van der Waals surface area (Å²) in [6.07, 6.45) is 6.80. The Labute approximate surface area is 117 Å². The molecule has 2 rings (SSSR count). The van der Waals surface area contributed by atoms with Crippen molar-refractivity contribution in [2.45, 2.75) is 65.3 Å². The van der Waals surface area contributed by atoms with Gasteiger partial charge in [0.05, 0.1) is 0 Å². The van der Waals surface area contributed by atoms with E-state index in [1.807, 2.05) is 0 Å². The summed E-state index contributed by atoms with van der Waals surface area (Å²) in [6, 6.07) is 0.286. The van der Waals surface area contributed by atoms with Crippen LogP contribution in [0.1, 0.15) is 59.3 Å². The van der Waals surface area contributed by atoms with Gasteiger partial charge < -0.3 is 10.6 Å². The molecule has 0 spiro atoms. The molecule has 2 fully saturated rings. The zero-order chi connectivity index (χ0) is 14.0. The molecule has 0 bridgehead atoms. The van der Waals surface area contributed by atoms with Crippen molar-refractivity contribution in [2.24, 2.45) is 23.0 Å². The third kappa shape index (κ3) is 3.13. The molecule has 2 aliphatic rings. The Morgan fingerprint density at radius 2 is 2.05 bits per heavy atom. The van der Waals surface area contributed by atoms with Crippen molar-refractivity contribution in [1.82, 2.24) is 4.90 Å². The van der Waals surface area contributed by atoms with Gasteiger partial charge in [0.2, 0.25) is 5.91 Å². The normalized spacial score (nSPS) is 35.2. The highest BCUT2D eigenvalue weighted by Gasteiger charge is 2.40. The number of carbonyl (C=O) groups is 1. The van der Waals surface area contributed by atoms with Crippen LogP contribution >= 0.6 is 0 Å². The van der Waals surface area contributed by atoms with Crippen LogP contribution in [-0.2, 0) is 4.79 Å². The first kappa shape index (κ1) is 14.8. The second-order valence-electron chi connectivity index (χ2n) is 7.19. The molecule has 1 amide bonds. The zero-order valence-corrected chi connectivity index (χ0v) is 12.8. The lowest BCUT2D eigenvalue weighted by Crippen LogP contribution is -2.52. The fourth-order valence-electron chi connectivity index (χ4n) is 3.85. The van der Waals surface area contributed by atoms with Crippen molar-refractivity contribution in [3.63, 3.8) is 0 Å². The Morgan fingerprint density at radius 3 is 2.68 bits per heavy atom. The van der Waals surface area contributed by atoms with Crippen LogP contribution in [-0.4, -0.2) is 29.9 Å². The van der Waals surface area contributed by atoms with Crippen LogP contribution < -0.4 is 5.73 Å². The van der Waals surface area contributed by atoms with Crippen LogP contribution in [0.2, 0.25) is 0 Å². The van der Waals surface area contributed by atoms with Gasteiger partial charge in [-0.2, -0.15) is 0 Å². The highest BCUT2D eigenvalue weighted by Crippen LogP contribution is 2.41. The standard InChI is InChI=1S/C16H30N2O/c1-4-12-11-18(10-8-14(12)17)15(19)13-7-5-6-9-16(13,2)3/h12-14H,4-11,17H2,1-3H3. The molecule has 19 heavy (non-hydrogen) atoms. The van der Waals surface area contributed by atoms with Gasteiger partial charge >= 0.3 is 0 Å². The molecule has 0 aromatic rings. The lowest BCUT2D eigenvalue weighted by molar-refractivity contribution is -0.143. The lowest BCUT2D eigenvalue weighted by atomic mass is 9.68. The molecule has 3 nitrogen and oxygen atoms in total. The summed E-state index contributed by atoms with van der Waals surface area (Å²) in [5.41, 5.74) is 6.32. The van der Waals surface area contributed by atoms with Gasteiger partial charge in [0, 0.05) is 25.0 Å². The summed E-state index contributed by atoms with van der Waals surface area (Å²) in [7, 11) is 0. The SMILES string of the molecule is CCC1CN(C(=O)C2CCCCC2(C)C)CCC1N. The van der Waals surface area contributed by atoms with Gasteiger partial charge in [0.1, 0.15) is 0 Å². The number of likely N-dealkylation sites (tertiary alicyclic amines) is 1. The van der Waals surface area contributed by atoms with Crippen molar-refractivity contribution >= 4 is 5.91 Å². The van der Waals surface area contributed by atoms with Gasteiger partial charge in [-0.3, -0.25) is 4.79 Å². The largest absolute Gasteiger partial charge is 0.342 e. The van der Waals surface area contributed by atoms with E-state index in [4.69, 9.17) is 5.73 Å². The molecular formula is C16H30N2O. The molecular weight excluding hydrogens is 236 g/mol. The van der Waals surface area contributed by atoms with Gasteiger partial charge in [0.15, 0.2) is 0 Å². The van der Waals surface area contributed by atoms with E-state index in [1.165, 1.54) is 19.3 Å². The molecule has 1 saturated heterocycles. The molecule has 3 unspecified atom stereocenters. The van der Waals surface area contributed by atoms with E-state index in [2.05, 4.69) is 25.7 Å². The van der Waals surface area contributed by atoms with Crippen molar-refractivity contribution in [1.29, 1.82) is 0 Å². The Balaban J connectivity index is 2.03. The van der Waals surface area contributed by atoms with Crippen molar-refractivity contribution < 1.29 is 4.79 Å². The Morgan fingerprint density at radius 1 is 1.32 bits per heavy atom. The summed E-state index contributed by atoms with van der Waals surface area (Å²) in [4.78, 5) is 14.9. The Bertz CT molecular complexity index is 327. The minimum Gasteiger partial charge on any atom is -0.342 e. The number of nitrogens with two attached hydrogens (primary N) is 1. The van der Waals surface area contributed by atoms with Crippen molar-refractivity contribution in [3.05, 3.63) is 0 Å². The van der Waals surface area contributed by atoms with Crippen LogP contribution in [0.5, 0.6) is 0 Å². The summed E-state index contributed by atoms with van der Waals surface area (Å²) in [6.45, 7) is 8.46. The molecule has 3 heteroatoms. The van der Waals surface area contributed by atoms with Crippen LogP contribution in [0, 0.1) is 17.3 Å². The molecule has 0 radical (unpaired) electrons. The minimum absolute atomic E-state index is 0.177. The van der Waals surface area contributed by atoms with E-state index in [-0.39, 0.29) is 17.4 Å². The highest BCUT2D eigenvalue weighted by molar-refractivity contribution is 5.80. The fraction of sp³-hybridized carbons (Fsp3) is 0.938. The third-order valence-corrected chi connectivity index (χ3v) is 5.43. The monoisotopic (exact) mass is 266 g/mol. The Kier molecular flexibility index (Phi) is 4.54. The number of nitrogens with zero attached hydrogens (tertiary/aromatic N) is 1. The second-order valence-corrected chi connectivity index (χ2v) is 7.19. The molecule has 1 aliphatic heterocycles. The van der Waals surface area contributed by atoms with Crippen molar-refractivity contribution in [3.8, 4) is 0 Å². The van der Waals surface area contributed by atoms with E-state index in [0.717, 1.165) is 32.4 Å². The van der Waals surface area contributed by atoms with E-state index in [0.29, 0.717) is 11.8 Å². The molecule has 3 atom stereocenters. The summed E-state index contributed by atoms with van der Waals surface area (Å²) < 4.78 is 0. The molecule has 0 aromatic carbocycles. The predicted molar refractivity (Wildman–Crippen MR) is 78.7 cm³/mol. The van der Waals surface area contributed by atoms with Crippen LogP contribution in [0.3, 0.4) is 0 Å². The fourth-order valence-corrected chi connectivity index (χ4v) is 3.85. The number of amides is 1. The van der Waals surface area contributed by atoms with Crippen LogP contribution in [0.25, 0.3) is 0 Å². The van der Waals surface area contributed by atoms with Gasteiger partial charge in [-0.05, 0) is 30.6 Å². The summed E-state index contributed by atoms with van der Waals surface area (Å²) in [5, 5.41) is 0. The van der Waals surface area contributed by atoms with Crippen molar-refractivity contribution in [2.75, 3.05) is 13.1 Å². The highest BCUT2D eigenvalue weighted by atomic mass is 16.2. The minimum atomic E-state index is 0.177. The van der Waals surface area contributed by atoms with Gasteiger partial charge in [-0.1, -0.05) is 40.0 Å². The first-order valence-electron chi connectivity index (χ1n) is 8.00. The molecule has 1 aliphatic carbocycles. The van der Waals surface area contributed by atoms with E-state index >= 15 is 0 Å². The number of rotatable bonds is 2. The van der Waals surface area contributed by atoms with Crippen LogP contribution in [0.4, 0.5) is 0 Å². The first-order valence-corrected chi connectivity index (χ1v) is 8.00. The second kappa shape index (κ2) is 5.82. The molecule has 0 aromatic heterocycles. The number of hydrogen-bond acceptors (Lipinski definition) is 2. The maximum Gasteiger partial charge on any atom is 0.226 e. The topological polar surface area (TPSA) is 46.3 Å². The molecule has 110 valence electrons. The quantitative estimate of drug-likeness (QED) is 0.835. The maximum absolute atomic E-state index is 12.8.